The van der Waals surface area contributed by atoms with Crippen LogP contribution in [0.5, 0.6) is 0 Å². The smallest absolute Gasteiger partial charge is 0.0988 e. The summed E-state index contributed by atoms with van der Waals surface area (Å²) in [5.74, 6) is 0. The Bertz CT molecular complexity index is 133. The van der Waals surface area contributed by atoms with Crippen molar-refractivity contribution in [2.45, 2.75) is 19.4 Å². The van der Waals surface area contributed by atoms with E-state index in [1.807, 2.05) is 18.4 Å². The average molecular weight is 141 g/mol. The summed E-state index contributed by atoms with van der Waals surface area (Å²) in [5.41, 5.74) is 0. The highest BCUT2D eigenvalue weighted by Gasteiger charge is 2.25. The van der Waals surface area contributed by atoms with Gasteiger partial charge in [-0.25, -0.2) is 5.01 Å². The van der Waals surface area contributed by atoms with Gasteiger partial charge in [0.1, 0.15) is 0 Å². The minimum absolute atomic E-state index is 0.697. The third-order valence-corrected chi connectivity index (χ3v) is 1.97. The van der Waals surface area contributed by atoms with Crippen LogP contribution in [0.2, 0.25) is 0 Å². The highest BCUT2D eigenvalue weighted by atomic mass is 15.6. The average Bonchev–Trinajstić information content (AvgIpc) is 1.85. The van der Waals surface area contributed by atoms with Gasteiger partial charge in [-0.2, -0.15) is 0 Å². The summed E-state index contributed by atoms with van der Waals surface area (Å²) in [5, 5.41) is 4.33. The summed E-state index contributed by atoms with van der Waals surface area (Å²) >= 11 is 0. The molecule has 1 atom stereocenters. The molecule has 0 saturated carbocycles. The van der Waals surface area contributed by atoms with Gasteiger partial charge in [-0.05, 0) is 13.3 Å². The molecule has 3 nitrogen and oxygen atoms in total. The summed E-state index contributed by atoms with van der Waals surface area (Å²) in [6.45, 7) is 3.40. The van der Waals surface area contributed by atoms with Crippen LogP contribution in [0.15, 0.2) is 4.99 Å². The zero-order valence-electron chi connectivity index (χ0n) is 6.91. The second-order valence-corrected chi connectivity index (χ2v) is 2.75. The molecular formula is C7H15N3. The van der Waals surface area contributed by atoms with Gasteiger partial charge in [0.25, 0.3) is 0 Å². The number of nitrogens with zero attached hydrogens (tertiary/aromatic N) is 3. The van der Waals surface area contributed by atoms with Crippen LogP contribution in [0.1, 0.15) is 13.3 Å². The minimum atomic E-state index is 0.697. The van der Waals surface area contributed by atoms with Crippen LogP contribution in [-0.2, 0) is 0 Å². The van der Waals surface area contributed by atoms with E-state index in [1.54, 1.807) is 7.05 Å². The quantitative estimate of drug-likeness (QED) is 0.414. The lowest BCUT2D eigenvalue weighted by Gasteiger charge is -2.43. The molecule has 3 heteroatoms. The van der Waals surface area contributed by atoms with E-state index in [-0.39, 0.29) is 0 Å². The molecule has 0 radical (unpaired) electrons. The van der Waals surface area contributed by atoms with Crippen LogP contribution in [-0.4, -0.2) is 43.0 Å². The summed E-state index contributed by atoms with van der Waals surface area (Å²) < 4.78 is 0. The maximum absolute atomic E-state index is 3.93. The third-order valence-electron chi connectivity index (χ3n) is 1.97. The summed E-state index contributed by atoms with van der Waals surface area (Å²) in [6, 6.07) is 0.697. The molecule has 58 valence electrons. The molecule has 1 aliphatic heterocycles. The lowest BCUT2D eigenvalue weighted by atomic mass is 10.1. The van der Waals surface area contributed by atoms with Crippen molar-refractivity contribution < 1.29 is 0 Å². The zero-order chi connectivity index (χ0) is 7.56. The fourth-order valence-corrected chi connectivity index (χ4v) is 1.20. The molecule has 1 unspecified atom stereocenters. The van der Waals surface area contributed by atoms with Crippen molar-refractivity contribution in [3.8, 4) is 0 Å². The van der Waals surface area contributed by atoms with Crippen LogP contribution in [0, 0.1) is 0 Å². The number of hydrazine groups is 1. The first-order valence-corrected chi connectivity index (χ1v) is 3.67. The molecule has 0 aromatic carbocycles. The summed E-state index contributed by atoms with van der Waals surface area (Å²) in [6.07, 6.45) is 3.15. The lowest BCUT2D eigenvalue weighted by molar-refractivity contribution is -0.0406. The Morgan fingerprint density at radius 3 is 2.70 bits per heavy atom. The van der Waals surface area contributed by atoms with E-state index in [1.165, 1.54) is 13.0 Å². The lowest BCUT2D eigenvalue weighted by Crippen LogP contribution is -2.53. The van der Waals surface area contributed by atoms with Gasteiger partial charge in [-0.3, -0.25) is 10.0 Å². The predicted octanol–water partition coefficient (Wildman–Crippen LogP) is 0.585. The Morgan fingerprint density at radius 2 is 2.40 bits per heavy atom. The van der Waals surface area contributed by atoms with E-state index >= 15 is 0 Å². The molecule has 0 spiro atoms. The van der Waals surface area contributed by atoms with Gasteiger partial charge >= 0.3 is 0 Å². The van der Waals surface area contributed by atoms with Gasteiger partial charge in [-0.1, -0.05) is 0 Å². The molecule has 0 N–H and O–H groups in total. The summed E-state index contributed by atoms with van der Waals surface area (Å²) in [7, 11) is 3.82. The van der Waals surface area contributed by atoms with E-state index in [0.29, 0.717) is 6.04 Å². The number of aliphatic imine (C=N–C) groups is 1. The second kappa shape index (κ2) is 3.01. The molecule has 0 aliphatic carbocycles. The largest absolute Gasteiger partial charge is 0.299 e. The third kappa shape index (κ3) is 1.29. The zero-order valence-corrected chi connectivity index (χ0v) is 6.91. The van der Waals surface area contributed by atoms with Crippen molar-refractivity contribution in [1.82, 2.24) is 10.0 Å². The number of hydrogen-bond acceptors (Lipinski definition) is 2. The topological polar surface area (TPSA) is 18.8 Å². The Morgan fingerprint density at radius 1 is 1.70 bits per heavy atom. The molecule has 10 heavy (non-hydrogen) atoms. The van der Waals surface area contributed by atoms with E-state index < -0.39 is 0 Å². The summed E-state index contributed by atoms with van der Waals surface area (Å²) in [4.78, 5) is 3.93. The first kappa shape index (κ1) is 7.54. The Labute approximate surface area is 62.3 Å². The van der Waals surface area contributed by atoms with Crippen LogP contribution >= 0.6 is 0 Å². The normalized spacial score (nSPS) is 26.9. The molecule has 0 aromatic rings. The van der Waals surface area contributed by atoms with Crippen molar-refractivity contribution in [3.63, 3.8) is 0 Å². The predicted molar refractivity (Wildman–Crippen MR) is 43.0 cm³/mol. The van der Waals surface area contributed by atoms with E-state index in [9.17, 15) is 0 Å². The molecule has 1 aliphatic rings. The Hall–Kier alpha value is -0.570. The maximum Gasteiger partial charge on any atom is 0.0988 e. The Balaban J connectivity index is 2.34. The van der Waals surface area contributed by atoms with Crippen molar-refractivity contribution >= 4 is 6.34 Å². The van der Waals surface area contributed by atoms with Gasteiger partial charge in [0.15, 0.2) is 0 Å². The van der Waals surface area contributed by atoms with Gasteiger partial charge in [0.2, 0.25) is 0 Å². The highest BCUT2D eigenvalue weighted by Crippen LogP contribution is 2.16. The molecule has 1 saturated heterocycles. The van der Waals surface area contributed by atoms with Gasteiger partial charge in [-0.15, -0.1) is 0 Å². The van der Waals surface area contributed by atoms with Gasteiger partial charge < -0.3 is 0 Å². The SMILES string of the molecule is C/N=C\N(C)N1CCC1C. The fourth-order valence-electron chi connectivity index (χ4n) is 1.20. The van der Waals surface area contributed by atoms with Gasteiger partial charge in [0, 0.05) is 26.7 Å². The van der Waals surface area contributed by atoms with E-state index in [4.69, 9.17) is 0 Å². The Kier molecular flexibility index (Phi) is 2.27. The molecule has 0 amide bonds. The number of hydrogen-bond donors (Lipinski definition) is 0. The van der Waals surface area contributed by atoms with Crippen molar-refractivity contribution in [2.75, 3.05) is 20.6 Å². The molecule has 0 bridgehead atoms. The monoisotopic (exact) mass is 141 g/mol. The maximum atomic E-state index is 3.93. The molecule has 1 heterocycles. The standard InChI is InChI=1S/C7H15N3/c1-7-4-5-10(7)9(3)6-8-2/h6-7H,4-5H2,1-3H3/b8-6-. The minimum Gasteiger partial charge on any atom is -0.299 e. The van der Waals surface area contributed by atoms with Gasteiger partial charge in [0.05, 0.1) is 6.34 Å². The highest BCUT2D eigenvalue weighted by molar-refractivity contribution is 5.53. The molecule has 1 rings (SSSR count). The van der Waals surface area contributed by atoms with Crippen molar-refractivity contribution in [3.05, 3.63) is 0 Å². The van der Waals surface area contributed by atoms with Crippen LogP contribution in [0.25, 0.3) is 0 Å². The fraction of sp³-hybridized carbons (Fsp3) is 0.857. The van der Waals surface area contributed by atoms with E-state index in [0.717, 1.165) is 0 Å². The number of rotatable bonds is 2. The molecule has 0 aromatic heterocycles. The van der Waals surface area contributed by atoms with Crippen LogP contribution < -0.4 is 0 Å². The van der Waals surface area contributed by atoms with Crippen molar-refractivity contribution in [2.24, 2.45) is 4.99 Å². The van der Waals surface area contributed by atoms with Crippen LogP contribution in [0.3, 0.4) is 0 Å². The van der Waals surface area contributed by atoms with Crippen LogP contribution in [0.4, 0.5) is 0 Å². The first-order valence-electron chi connectivity index (χ1n) is 3.67. The molecular weight excluding hydrogens is 126 g/mol. The van der Waals surface area contributed by atoms with Crippen molar-refractivity contribution in [1.29, 1.82) is 0 Å². The second-order valence-electron chi connectivity index (χ2n) is 2.75. The molecule has 1 fully saturated rings. The first-order chi connectivity index (χ1) is 4.75. The van der Waals surface area contributed by atoms with E-state index in [2.05, 4.69) is 16.9 Å².